The van der Waals surface area contributed by atoms with E-state index in [9.17, 15) is 4.79 Å². The molecule has 0 aliphatic carbocycles. The number of hydrogen-bond donors (Lipinski definition) is 1. The van der Waals surface area contributed by atoms with Gasteiger partial charge in [0.15, 0.2) is 11.5 Å². The number of carbonyl (C=O) groups excluding carboxylic acids is 1. The standard InChI is InChI=1S/C20H20N4O3/c1-26-17-10-13-6-9-24(20(25)16-5-8-22-23-16)19(14-4-3-7-21-12-14)15(13)11-18(17)27-2/h3-5,7-8,10-12,19H,6,9H2,1-2H3,(H,22,23)/t19-/m0/s1. The molecule has 4 rings (SSSR count). The summed E-state index contributed by atoms with van der Waals surface area (Å²) in [6, 6.07) is 9.23. The van der Waals surface area contributed by atoms with Crippen molar-refractivity contribution >= 4 is 5.91 Å². The summed E-state index contributed by atoms with van der Waals surface area (Å²) in [7, 11) is 3.24. The highest BCUT2D eigenvalue weighted by molar-refractivity contribution is 5.93. The number of nitrogens with zero attached hydrogens (tertiary/aromatic N) is 3. The Hall–Kier alpha value is -3.35. The average molecular weight is 364 g/mol. The maximum atomic E-state index is 13.1. The Kier molecular flexibility index (Phi) is 4.50. The largest absolute Gasteiger partial charge is 0.493 e. The molecule has 1 aliphatic heterocycles. The number of hydrogen-bond acceptors (Lipinski definition) is 5. The monoisotopic (exact) mass is 364 g/mol. The lowest BCUT2D eigenvalue weighted by molar-refractivity contribution is 0.0688. The van der Waals surface area contributed by atoms with Crippen LogP contribution in [0.5, 0.6) is 11.5 Å². The molecule has 0 saturated carbocycles. The van der Waals surface area contributed by atoms with Crippen molar-refractivity contribution in [2.24, 2.45) is 0 Å². The maximum absolute atomic E-state index is 13.1. The fourth-order valence-corrected chi connectivity index (χ4v) is 3.59. The van der Waals surface area contributed by atoms with E-state index < -0.39 is 0 Å². The number of H-pyrrole nitrogens is 1. The quantitative estimate of drug-likeness (QED) is 0.770. The lowest BCUT2D eigenvalue weighted by Crippen LogP contribution is -2.40. The summed E-state index contributed by atoms with van der Waals surface area (Å²) in [5.41, 5.74) is 3.56. The minimum absolute atomic E-state index is 0.0956. The molecule has 3 heterocycles. The van der Waals surface area contributed by atoms with Crippen molar-refractivity contribution in [2.45, 2.75) is 12.5 Å². The number of amides is 1. The third-order valence-corrected chi connectivity index (χ3v) is 4.87. The first-order valence-electron chi connectivity index (χ1n) is 8.68. The molecule has 0 spiro atoms. The van der Waals surface area contributed by atoms with E-state index in [0.29, 0.717) is 23.7 Å². The van der Waals surface area contributed by atoms with Crippen molar-refractivity contribution in [2.75, 3.05) is 20.8 Å². The molecule has 0 radical (unpaired) electrons. The van der Waals surface area contributed by atoms with Gasteiger partial charge in [0.25, 0.3) is 5.91 Å². The Labute approximate surface area is 156 Å². The zero-order valence-corrected chi connectivity index (χ0v) is 15.2. The number of pyridine rings is 1. The summed E-state index contributed by atoms with van der Waals surface area (Å²) in [4.78, 5) is 19.2. The SMILES string of the molecule is COc1cc2c(cc1OC)[C@H](c1cccnc1)N(C(=O)c1ccn[nH]1)CC2. The third-order valence-electron chi connectivity index (χ3n) is 4.87. The Bertz CT molecular complexity index is 941. The number of benzene rings is 1. The summed E-state index contributed by atoms with van der Waals surface area (Å²) >= 11 is 0. The summed E-state index contributed by atoms with van der Waals surface area (Å²) in [6.45, 7) is 0.583. The van der Waals surface area contributed by atoms with Gasteiger partial charge in [-0.15, -0.1) is 0 Å². The first-order valence-corrected chi connectivity index (χ1v) is 8.68. The van der Waals surface area contributed by atoms with Crippen molar-refractivity contribution in [3.8, 4) is 11.5 Å². The average Bonchev–Trinajstić information content (AvgIpc) is 3.26. The van der Waals surface area contributed by atoms with E-state index in [-0.39, 0.29) is 11.9 Å². The molecule has 0 bridgehead atoms. The number of aromatic nitrogens is 3. The zero-order valence-electron chi connectivity index (χ0n) is 15.2. The zero-order chi connectivity index (χ0) is 18.8. The Morgan fingerprint density at radius 3 is 2.67 bits per heavy atom. The van der Waals surface area contributed by atoms with Gasteiger partial charge >= 0.3 is 0 Å². The maximum Gasteiger partial charge on any atom is 0.272 e. The van der Waals surface area contributed by atoms with Crippen LogP contribution in [0.25, 0.3) is 0 Å². The minimum Gasteiger partial charge on any atom is -0.493 e. The second-order valence-electron chi connectivity index (χ2n) is 6.31. The number of fused-ring (bicyclic) bond motifs is 1. The summed E-state index contributed by atoms with van der Waals surface area (Å²) in [5.74, 6) is 1.23. The molecule has 7 heteroatoms. The number of aromatic amines is 1. The molecule has 1 N–H and O–H groups in total. The van der Waals surface area contributed by atoms with Crippen molar-refractivity contribution in [3.63, 3.8) is 0 Å². The minimum atomic E-state index is -0.266. The molecule has 0 unspecified atom stereocenters. The molecule has 0 saturated heterocycles. The van der Waals surface area contributed by atoms with Crippen LogP contribution in [-0.4, -0.2) is 46.8 Å². The van der Waals surface area contributed by atoms with Gasteiger partial charge in [0.1, 0.15) is 5.69 Å². The summed E-state index contributed by atoms with van der Waals surface area (Å²) < 4.78 is 10.9. The van der Waals surface area contributed by atoms with Gasteiger partial charge in [0, 0.05) is 25.1 Å². The molecular formula is C20H20N4O3. The fourth-order valence-electron chi connectivity index (χ4n) is 3.59. The lowest BCUT2D eigenvalue weighted by atomic mass is 9.88. The van der Waals surface area contributed by atoms with Crippen molar-refractivity contribution in [1.82, 2.24) is 20.1 Å². The second kappa shape index (κ2) is 7.11. The highest BCUT2D eigenvalue weighted by Crippen LogP contribution is 2.41. The van der Waals surface area contributed by atoms with Crippen LogP contribution >= 0.6 is 0 Å². The molecule has 138 valence electrons. The van der Waals surface area contributed by atoms with Crippen LogP contribution in [0.4, 0.5) is 0 Å². The van der Waals surface area contributed by atoms with Crippen molar-refractivity contribution < 1.29 is 14.3 Å². The normalized spacial score (nSPS) is 15.9. The Morgan fingerprint density at radius 1 is 1.19 bits per heavy atom. The summed E-state index contributed by atoms with van der Waals surface area (Å²) in [6.07, 6.45) is 5.83. The van der Waals surface area contributed by atoms with E-state index >= 15 is 0 Å². The molecular weight excluding hydrogens is 344 g/mol. The van der Waals surface area contributed by atoms with Crippen LogP contribution in [0.1, 0.15) is 33.2 Å². The second-order valence-corrected chi connectivity index (χ2v) is 6.31. The van der Waals surface area contributed by atoms with Gasteiger partial charge in [-0.25, -0.2) is 0 Å². The van der Waals surface area contributed by atoms with E-state index in [2.05, 4.69) is 15.2 Å². The number of carbonyl (C=O) groups is 1. The predicted octanol–water partition coefficient (Wildman–Crippen LogP) is 2.61. The van der Waals surface area contributed by atoms with Crippen LogP contribution < -0.4 is 9.47 Å². The Morgan fingerprint density at radius 2 is 2.00 bits per heavy atom. The van der Waals surface area contributed by atoms with E-state index in [1.54, 1.807) is 38.9 Å². The van der Waals surface area contributed by atoms with E-state index in [1.165, 1.54) is 0 Å². The van der Waals surface area contributed by atoms with Crippen molar-refractivity contribution in [3.05, 3.63) is 71.3 Å². The molecule has 27 heavy (non-hydrogen) atoms. The van der Waals surface area contributed by atoms with Gasteiger partial charge in [-0.3, -0.25) is 14.9 Å². The van der Waals surface area contributed by atoms with Crippen molar-refractivity contribution in [1.29, 1.82) is 0 Å². The molecule has 2 aromatic heterocycles. The van der Waals surface area contributed by atoms with E-state index in [1.807, 2.05) is 29.2 Å². The van der Waals surface area contributed by atoms with Gasteiger partial charge < -0.3 is 14.4 Å². The van der Waals surface area contributed by atoms with Crippen LogP contribution in [0.2, 0.25) is 0 Å². The van der Waals surface area contributed by atoms with E-state index in [4.69, 9.17) is 9.47 Å². The number of methoxy groups -OCH3 is 2. The molecule has 1 aromatic carbocycles. The first kappa shape index (κ1) is 17.1. The molecule has 3 aromatic rings. The van der Waals surface area contributed by atoms with Gasteiger partial charge in [0.2, 0.25) is 0 Å². The number of ether oxygens (including phenoxy) is 2. The van der Waals surface area contributed by atoms with Crippen LogP contribution in [-0.2, 0) is 6.42 Å². The van der Waals surface area contributed by atoms with E-state index in [0.717, 1.165) is 23.1 Å². The van der Waals surface area contributed by atoms with Gasteiger partial charge in [-0.1, -0.05) is 6.07 Å². The molecule has 1 atom stereocenters. The predicted molar refractivity (Wildman–Crippen MR) is 99.0 cm³/mol. The topological polar surface area (TPSA) is 80.3 Å². The first-order chi connectivity index (χ1) is 13.2. The lowest BCUT2D eigenvalue weighted by Gasteiger charge is -2.37. The van der Waals surface area contributed by atoms with Crippen LogP contribution in [0.3, 0.4) is 0 Å². The third kappa shape index (κ3) is 3.01. The fraction of sp³-hybridized carbons (Fsp3) is 0.250. The molecule has 1 amide bonds. The van der Waals surface area contributed by atoms with Gasteiger partial charge in [-0.05, 0) is 47.4 Å². The molecule has 0 fully saturated rings. The van der Waals surface area contributed by atoms with Gasteiger partial charge in [0.05, 0.1) is 20.3 Å². The number of rotatable bonds is 4. The highest BCUT2D eigenvalue weighted by atomic mass is 16.5. The summed E-state index contributed by atoms with van der Waals surface area (Å²) in [5, 5.41) is 6.68. The van der Waals surface area contributed by atoms with Gasteiger partial charge in [-0.2, -0.15) is 5.10 Å². The highest BCUT2D eigenvalue weighted by Gasteiger charge is 2.34. The number of nitrogens with one attached hydrogen (secondary N) is 1. The van der Waals surface area contributed by atoms with Crippen LogP contribution in [0.15, 0.2) is 48.9 Å². The smallest absolute Gasteiger partial charge is 0.272 e. The molecule has 1 aliphatic rings. The molecule has 7 nitrogen and oxygen atoms in total. The van der Waals surface area contributed by atoms with Crippen LogP contribution in [0, 0.1) is 0 Å². The Balaban J connectivity index is 1.85.